The number of esters is 1. The van der Waals surface area contributed by atoms with Crippen LogP contribution >= 0.6 is 0 Å². The zero-order valence-corrected chi connectivity index (χ0v) is 30.5. The van der Waals surface area contributed by atoms with Crippen LogP contribution in [0.2, 0.25) is 0 Å². The van der Waals surface area contributed by atoms with Gasteiger partial charge in [0.25, 0.3) is 0 Å². The first-order valence-corrected chi connectivity index (χ1v) is 17.6. The molecule has 0 unspecified atom stereocenters. The first-order valence-electron chi connectivity index (χ1n) is 17.6. The molecule has 262 valence electrons. The highest BCUT2D eigenvalue weighted by atomic mass is 16.5. The van der Waals surface area contributed by atoms with E-state index in [1.54, 1.807) is 0 Å². The zero-order chi connectivity index (χ0) is 35.6. The van der Waals surface area contributed by atoms with Gasteiger partial charge in [0.05, 0.1) is 46.2 Å². The Morgan fingerprint density at radius 3 is 1.68 bits per heavy atom. The Labute approximate surface area is 291 Å². The number of hydrogen-bond acceptors (Lipinski definition) is 9. The summed E-state index contributed by atoms with van der Waals surface area (Å²) in [5.74, 6) is 4.36. The van der Waals surface area contributed by atoms with Crippen LogP contribution in [0.1, 0.15) is 115 Å². The predicted octanol–water partition coefficient (Wildman–Crippen LogP) is 8.24. The van der Waals surface area contributed by atoms with E-state index in [1.807, 2.05) is 60.7 Å². The van der Waals surface area contributed by atoms with Crippen molar-refractivity contribution in [2.45, 2.75) is 97.5 Å². The lowest BCUT2D eigenvalue weighted by Gasteiger charge is -2.26. The van der Waals surface area contributed by atoms with Crippen LogP contribution in [0.5, 0.6) is 0 Å². The van der Waals surface area contributed by atoms with Gasteiger partial charge in [-0.1, -0.05) is 24.2 Å². The van der Waals surface area contributed by atoms with Crippen molar-refractivity contribution in [2.24, 2.45) is 14.1 Å². The van der Waals surface area contributed by atoms with E-state index in [0.29, 0.717) is 35.8 Å². The van der Waals surface area contributed by atoms with Gasteiger partial charge in [-0.2, -0.15) is 0 Å². The molecule has 0 aliphatic heterocycles. The van der Waals surface area contributed by atoms with Crippen molar-refractivity contribution >= 4 is 28.0 Å². The van der Waals surface area contributed by atoms with Gasteiger partial charge in [0, 0.05) is 42.6 Å². The number of carbonyl (C=O) groups is 1. The fourth-order valence-electron chi connectivity index (χ4n) is 7.35. The lowest BCUT2D eigenvalue weighted by molar-refractivity contribution is 0.0297. The van der Waals surface area contributed by atoms with Gasteiger partial charge in [-0.05, 0) is 102 Å². The van der Waals surface area contributed by atoms with Crippen molar-refractivity contribution < 1.29 is 23.7 Å². The molecule has 0 radical (unpaired) electrons. The Morgan fingerprint density at radius 1 is 0.800 bits per heavy atom. The van der Waals surface area contributed by atoms with E-state index in [1.165, 1.54) is 20.0 Å². The molecule has 6 aromatic rings. The highest BCUT2D eigenvalue weighted by molar-refractivity contribution is 6.04. The minimum absolute atomic E-state index is 0.381. The fraction of sp³-hybridized carbons (Fsp3) is 0.462. The molecule has 8 rings (SSSR count). The molecule has 4 aromatic heterocycles. The molecule has 4 heterocycles. The van der Waals surface area contributed by atoms with Gasteiger partial charge in [-0.25, -0.2) is 14.8 Å². The summed E-state index contributed by atoms with van der Waals surface area (Å²) in [6.07, 6.45) is 6.02. The molecule has 2 saturated carbocycles. The molecule has 11 nitrogen and oxygen atoms in total. The van der Waals surface area contributed by atoms with Crippen LogP contribution in [0.4, 0.5) is 0 Å². The molecule has 0 amide bonds. The first-order chi connectivity index (χ1) is 23.9. The zero-order valence-electron chi connectivity index (χ0n) is 30.5. The topological polar surface area (TPSA) is 134 Å². The summed E-state index contributed by atoms with van der Waals surface area (Å²) in [5, 5.41) is 19.5. The van der Waals surface area contributed by atoms with Crippen molar-refractivity contribution in [3.8, 4) is 22.3 Å². The standard InChI is InChI=1S/C21H27N3O2.C18H19N3O3/c1-6-21(25,7-2)16-10-15(18-12(3)23-26-13(18)4)11-17-19(16)22-20(24(17)5)14-8-9-14;1-9-15(10(2)24-20-9)12-7-13(18(22)23-4)16-14(8-12)21(3)17(19-16)11-5-6-11/h10-11,14,25H,6-9H2,1-5H3;7-8,11H,5-6H2,1-4H3. The van der Waals surface area contributed by atoms with Crippen LogP contribution in [0.3, 0.4) is 0 Å². The first kappa shape index (κ1) is 33.7. The summed E-state index contributed by atoms with van der Waals surface area (Å²) >= 11 is 0. The summed E-state index contributed by atoms with van der Waals surface area (Å²) in [6, 6.07) is 8.12. The third-order valence-electron chi connectivity index (χ3n) is 10.6. The molecule has 0 atom stereocenters. The van der Waals surface area contributed by atoms with E-state index in [-0.39, 0.29) is 5.97 Å². The minimum Gasteiger partial charge on any atom is -0.465 e. The van der Waals surface area contributed by atoms with E-state index >= 15 is 0 Å². The second-order valence-electron chi connectivity index (χ2n) is 14.0. The lowest BCUT2D eigenvalue weighted by atomic mass is 9.85. The number of aryl methyl sites for hydroxylation is 6. The Bertz CT molecular complexity index is 2220. The summed E-state index contributed by atoms with van der Waals surface area (Å²) in [7, 11) is 5.48. The molecular formula is C39H46N6O5. The number of benzene rings is 2. The molecule has 2 fully saturated rings. The Kier molecular flexibility index (Phi) is 8.45. The quantitative estimate of drug-likeness (QED) is 0.158. The number of imidazole rings is 2. The molecule has 2 aliphatic carbocycles. The third kappa shape index (κ3) is 5.61. The maximum absolute atomic E-state index is 12.3. The smallest absolute Gasteiger partial charge is 0.340 e. The van der Waals surface area contributed by atoms with Gasteiger partial charge in [0.15, 0.2) is 0 Å². The monoisotopic (exact) mass is 678 g/mol. The SMILES string of the molecule is CCC(O)(CC)c1cc(-c2c(C)noc2C)cc2c1nc(C1CC1)n2C.COC(=O)c1cc(-c2c(C)noc2C)cc2c1nc(C1CC1)n2C. The molecular weight excluding hydrogens is 632 g/mol. The van der Waals surface area contributed by atoms with Crippen LogP contribution in [0, 0.1) is 27.7 Å². The predicted molar refractivity (Wildman–Crippen MR) is 191 cm³/mol. The maximum atomic E-state index is 12.3. The van der Waals surface area contributed by atoms with Gasteiger partial charge < -0.3 is 28.0 Å². The van der Waals surface area contributed by atoms with Gasteiger partial charge in [0.1, 0.15) is 28.7 Å². The number of rotatable bonds is 8. The highest BCUT2D eigenvalue weighted by Crippen LogP contribution is 2.44. The van der Waals surface area contributed by atoms with Crippen LogP contribution in [0.25, 0.3) is 44.3 Å². The number of carbonyl (C=O) groups excluding carboxylic acids is 1. The molecule has 1 N–H and O–H groups in total. The van der Waals surface area contributed by atoms with Gasteiger partial charge >= 0.3 is 5.97 Å². The molecule has 0 saturated heterocycles. The number of fused-ring (bicyclic) bond motifs is 2. The van der Waals surface area contributed by atoms with Crippen molar-refractivity contribution in [3.05, 3.63) is 69.9 Å². The van der Waals surface area contributed by atoms with Crippen molar-refractivity contribution in [1.82, 2.24) is 29.4 Å². The van der Waals surface area contributed by atoms with Crippen LogP contribution in [-0.2, 0) is 24.4 Å². The van der Waals surface area contributed by atoms with Crippen LogP contribution < -0.4 is 0 Å². The summed E-state index contributed by atoms with van der Waals surface area (Å²) in [4.78, 5) is 22.0. The van der Waals surface area contributed by atoms with E-state index < -0.39 is 5.60 Å². The average molecular weight is 679 g/mol. The summed E-state index contributed by atoms with van der Waals surface area (Å²) in [5.41, 5.74) is 9.65. The minimum atomic E-state index is -0.886. The lowest BCUT2D eigenvalue weighted by Crippen LogP contribution is -2.24. The average Bonchev–Trinajstić information content (AvgIpc) is 4.03. The number of aromatic nitrogens is 6. The van der Waals surface area contributed by atoms with Crippen LogP contribution in [0.15, 0.2) is 33.3 Å². The van der Waals surface area contributed by atoms with Crippen LogP contribution in [-0.4, -0.2) is 47.6 Å². The van der Waals surface area contributed by atoms with E-state index in [2.05, 4.69) is 38.6 Å². The number of ether oxygens (including phenoxy) is 1. The second-order valence-corrected chi connectivity index (χ2v) is 14.0. The maximum Gasteiger partial charge on any atom is 0.340 e. The van der Waals surface area contributed by atoms with Crippen molar-refractivity contribution in [1.29, 1.82) is 0 Å². The largest absolute Gasteiger partial charge is 0.465 e. The van der Waals surface area contributed by atoms with Gasteiger partial charge in [-0.15, -0.1) is 0 Å². The molecule has 2 aromatic carbocycles. The Balaban J connectivity index is 0.000000157. The van der Waals surface area contributed by atoms with E-state index in [4.69, 9.17) is 23.8 Å². The molecule has 50 heavy (non-hydrogen) atoms. The number of aliphatic hydroxyl groups is 1. The normalized spacial score (nSPS) is 14.8. The molecule has 2 aliphatic rings. The number of hydrogen-bond donors (Lipinski definition) is 1. The third-order valence-corrected chi connectivity index (χ3v) is 10.6. The Hall–Kier alpha value is -4.77. The molecule has 11 heteroatoms. The number of nitrogens with zero attached hydrogens (tertiary/aromatic N) is 6. The van der Waals surface area contributed by atoms with Crippen molar-refractivity contribution in [2.75, 3.05) is 7.11 Å². The highest BCUT2D eigenvalue weighted by Gasteiger charge is 2.34. The fourth-order valence-corrected chi connectivity index (χ4v) is 7.35. The second kappa shape index (κ2) is 12.5. The summed E-state index contributed by atoms with van der Waals surface area (Å²) < 4.78 is 19.9. The van der Waals surface area contributed by atoms with E-state index in [0.717, 1.165) is 91.8 Å². The number of methoxy groups -OCH3 is 1. The van der Waals surface area contributed by atoms with Gasteiger partial charge in [0.2, 0.25) is 0 Å². The molecule has 0 bridgehead atoms. The van der Waals surface area contributed by atoms with E-state index in [9.17, 15) is 9.90 Å². The Morgan fingerprint density at radius 2 is 1.26 bits per heavy atom. The molecule has 0 spiro atoms. The van der Waals surface area contributed by atoms with Crippen molar-refractivity contribution in [3.63, 3.8) is 0 Å². The van der Waals surface area contributed by atoms with Gasteiger partial charge in [-0.3, -0.25) is 0 Å². The summed E-state index contributed by atoms with van der Waals surface area (Å²) in [6.45, 7) is 11.7.